The molecule has 2 aromatic carbocycles. The number of hydrogen-bond donors (Lipinski definition) is 0. The van der Waals surface area contributed by atoms with Crippen LogP contribution in [0.4, 0.5) is 5.69 Å². The number of hydrogen-bond acceptors (Lipinski definition) is 5. The molecule has 0 bridgehead atoms. The molecule has 0 saturated heterocycles. The largest absolute Gasteiger partial charge is 0.279 e. The molecule has 0 radical (unpaired) electrons. The normalized spacial score (nSPS) is 10.4. The Labute approximate surface area is 124 Å². The Kier molecular flexibility index (Phi) is 3.34. The smallest absolute Gasteiger partial charge is 0.258 e. The minimum atomic E-state index is -0.405. The second kappa shape index (κ2) is 5.31. The number of para-hydroxylation sites is 1. The van der Waals surface area contributed by atoms with Gasteiger partial charge in [0.05, 0.1) is 33.2 Å². The first-order chi connectivity index (χ1) is 10.2. The van der Waals surface area contributed by atoms with Crippen LogP contribution in [0.3, 0.4) is 0 Å². The van der Waals surface area contributed by atoms with E-state index in [1.165, 1.54) is 17.4 Å². The van der Waals surface area contributed by atoms with Crippen LogP contribution in [0.1, 0.15) is 5.56 Å². The summed E-state index contributed by atoms with van der Waals surface area (Å²) in [4.78, 5) is 15.2. The molecule has 0 spiro atoms. The van der Waals surface area contributed by atoms with Crippen LogP contribution >= 0.6 is 11.3 Å². The lowest BCUT2D eigenvalue weighted by atomic mass is 10.1. The van der Waals surface area contributed by atoms with Gasteiger partial charge in [-0.2, -0.15) is 5.26 Å². The number of thiazole rings is 1. The summed E-state index contributed by atoms with van der Waals surface area (Å²) >= 11 is 1.38. The highest BCUT2D eigenvalue weighted by atomic mass is 32.1. The zero-order chi connectivity index (χ0) is 14.8. The molecule has 5 nitrogen and oxygen atoms in total. The molecule has 6 heteroatoms. The summed E-state index contributed by atoms with van der Waals surface area (Å²) in [5, 5.41) is 20.6. The maximum Gasteiger partial charge on any atom is 0.279 e. The van der Waals surface area contributed by atoms with Crippen molar-refractivity contribution in [3.8, 4) is 16.6 Å². The zero-order valence-electron chi connectivity index (χ0n) is 10.8. The van der Waals surface area contributed by atoms with Crippen molar-refractivity contribution in [2.45, 2.75) is 6.42 Å². The third-order valence-corrected chi connectivity index (χ3v) is 4.28. The summed E-state index contributed by atoms with van der Waals surface area (Å²) in [7, 11) is 0. The van der Waals surface area contributed by atoms with E-state index in [4.69, 9.17) is 5.26 Å². The molecule has 0 atom stereocenters. The molecule has 3 rings (SSSR count). The first-order valence-corrected chi connectivity index (χ1v) is 7.01. The lowest BCUT2D eigenvalue weighted by Crippen LogP contribution is -1.90. The molecular formula is C15H9N3O2S. The SMILES string of the molecule is N#CCc1cccc2nc(-c3ccccc3[N+](=O)[O-])sc12. The minimum absolute atomic E-state index is 0.0402. The highest BCUT2D eigenvalue weighted by Gasteiger charge is 2.18. The Balaban J connectivity index is 2.21. The standard InChI is InChI=1S/C15H9N3O2S/c16-9-8-10-4-3-6-12-14(10)21-15(17-12)11-5-1-2-7-13(11)18(19)20/h1-7H,8H2. The van der Waals surface area contributed by atoms with E-state index in [1.807, 2.05) is 18.2 Å². The number of aromatic nitrogens is 1. The van der Waals surface area contributed by atoms with Crippen LogP contribution in [0.2, 0.25) is 0 Å². The molecule has 21 heavy (non-hydrogen) atoms. The Morgan fingerprint density at radius 3 is 2.81 bits per heavy atom. The minimum Gasteiger partial charge on any atom is -0.258 e. The molecule has 0 N–H and O–H groups in total. The van der Waals surface area contributed by atoms with Gasteiger partial charge in [-0.1, -0.05) is 24.3 Å². The first-order valence-electron chi connectivity index (χ1n) is 6.20. The average molecular weight is 295 g/mol. The number of benzene rings is 2. The number of rotatable bonds is 3. The molecule has 3 aromatic rings. The first kappa shape index (κ1) is 13.2. The Morgan fingerprint density at radius 1 is 1.24 bits per heavy atom. The number of fused-ring (bicyclic) bond motifs is 1. The van der Waals surface area contributed by atoms with Crippen LogP contribution in [0.15, 0.2) is 42.5 Å². The highest BCUT2D eigenvalue weighted by Crippen LogP contribution is 2.36. The third-order valence-electron chi connectivity index (χ3n) is 3.10. The van der Waals surface area contributed by atoms with Gasteiger partial charge < -0.3 is 0 Å². The van der Waals surface area contributed by atoms with E-state index in [9.17, 15) is 10.1 Å². The van der Waals surface area contributed by atoms with Crippen LogP contribution in [0.25, 0.3) is 20.8 Å². The van der Waals surface area contributed by atoms with Crippen molar-refractivity contribution < 1.29 is 4.92 Å². The molecule has 0 aliphatic rings. The van der Waals surface area contributed by atoms with Crippen molar-refractivity contribution in [1.29, 1.82) is 5.26 Å². The van der Waals surface area contributed by atoms with Crippen molar-refractivity contribution >= 4 is 27.2 Å². The molecule has 0 aliphatic carbocycles. The fourth-order valence-electron chi connectivity index (χ4n) is 2.16. The van der Waals surface area contributed by atoms with Crippen molar-refractivity contribution in [2.75, 3.05) is 0 Å². The quantitative estimate of drug-likeness (QED) is 0.541. The van der Waals surface area contributed by atoms with E-state index < -0.39 is 4.92 Å². The van der Waals surface area contributed by atoms with E-state index >= 15 is 0 Å². The van der Waals surface area contributed by atoms with Crippen molar-refractivity contribution in [3.63, 3.8) is 0 Å². The summed E-state index contributed by atoms with van der Waals surface area (Å²) in [6.07, 6.45) is 0.301. The average Bonchev–Trinajstić information content (AvgIpc) is 2.92. The van der Waals surface area contributed by atoms with Gasteiger partial charge in [0, 0.05) is 6.07 Å². The van der Waals surface area contributed by atoms with Crippen LogP contribution in [-0.4, -0.2) is 9.91 Å². The Bertz CT molecular complexity index is 880. The van der Waals surface area contributed by atoms with Gasteiger partial charge in [-0.05, 0) is 17.7 Å². The maximum atomic E-state index is 11.1. The molecule has 0 fully saturated rings. The van der Waals surface area contributed by atoms with Gasteiger partial charge in [0.2, 0.25) is 0 Å². The second-order valence-electron chi connectivity index (χ2n) is 4.39. The van der Waals surface area contributed by atoms with Crippen LogP contribution in [0.5, 0.6) is 0 Å². The van der Waals surface area contributed by atoms with Gasteiger partial charge in [-0.25, -0.2) is 4.98 Å². The topological polar surface area (TPSA) is 79.8 Å². The third kappa shape index (κ3) is 2.35. The summed E-state index contributed by atoms with van der Waals surface area (Å²) in [6.45, 7) is 0. The van der Waals surface area contributed by atoms with E-state index in [2.05, 4.69) is 11.1 Å². The van der Waals surface area contributed by atoms with Crippen LogP contribution in [0, 0.1) is 21.4 Å². The van der Waals surface area contributed by atoms with Crippen molar-refractivity contribution in [1.82, 2.24) is 4.98 Å². The summed E-state index contributed by atoms with van der Waals surface area (Å²) < 4.78 is 0.909. The molecule has 1 heterocycles. The lowest BCUT2D eigenvalue weighted by molar-refractivity contribution is -0.384. The predicted molar refractivity (Wildman–Crippen MR) is 81.0 cm³/mol. The van der Waals surface area contributed by atoms with Crippen LogP contribution in [-0.2, 0) is 6.42 Å². The monoisotopic (exact) mass is 295 g/mol. The lowest BCUT2D eigenvalue weighted by Gasteiger charge is -1.97. The predicted octanol–water partition coefficient (Wildman–Crippen LogP) is 3.94. The van der Waals surface area contributed by atoms with Gasteiger partial charge in [0.15, 0.2) is 0 Å². The van der Waals surface area contributed by atoms with E-state index in [1.54, 1.807) is 18.2 Å². The number of nitro benzene ring substituents is 1. The van der Waals surface area contributed by atoms with E-state index in [-0.39, 0.29) is 5.69 Å². The number of nitriles is 1. The van der Waals surface area contributed by atoms with Gasteiger partial charge in [0.25, 0.3) is 5.69 Å². The molecule has 0 saturated carbocycles. The van der Waals surface area contributed by atoms with E-state index in [0.717, 1.165) is 15.8 Å². The number of nitro groups is 1. The van der Waals surface area contributed by atoms with E-state index in [0.29, 0.717) is 17.0 Å². The summed E-state index contributed by atoms with van der Waals surface area (Å²) in [6, 6.07) is 14.3. The molecule has 1 aromatic heterocycles. The molecular weight excluding hydrogens is 286 g/mol. The van der Waals surface area contributed by atoms with Gasteiger partial charge in [0.1, 0.15) is 5.01 Å². The van der Waals surface area contributed by atoms with Crippen molar-refractivity contribution in [3.05, 3.63) is 58.1 Å². The number of nitrogens with zero attached hydrogens (tertiary/aromatic N) is 3. The fourth-order valence-corrected chi connectivity index (χ4v) is 3.27. The van der Waals surface area contributed by atoms with Gasteiger partial charge in [-0.15, -0.1) is 11.3 Å². The molecule has 0 amide bonds. The highest BCUT2D eigenvalue weighted by molar-refractivity contribution is 7.21. The molecule has 0 aliphatic heterocycles. The maximum absolute atomic E-state index is 11.1. The molecule has 102 valence electrons. The van der Waals surface area contributed by atoms with Gasteiger partial charge >= 0.3 is 0 Å². The summed E-state index contributed by atoms with van der Waals surface area (Å²) in [5.41, 5.74) is 2.21. The fraction of sp³-hybridized carbons (Fsp3) is 0.0667. The van der Waals surface area contributed by atoms with Gasteiger partial charge in [-0.3, -0.25) is 10.1 Å². The second-order valence-corrected chi connectivity index (χ2v) is 5.39. The zero-order valence-corrected chi connectivity index (χ0v) is 11.6. The Hall–Kier alpha value is -2.78. The summed E-state index contributed by atoms with van der Waals surface area (Å²) in [5.74, 6) is 0. The Morgan fingerprint density at radius 2 is 2.05 bits per heavy atom. The van der Waals surface area contributed by atoms with Crippen LogP contribution < -0.4 is 0 Å². The molecule has 0 unspecified atom stereocenters. The van der Waals surface area contributed by atoms with Crippen molar-refractivity contribution in [2.24, 2.45) is 0 Å².